The van der Waals surface area contributed by atoms with Crippen LogP contribution in [0.25, 0.3) is 0 Å². The summed E-state index contributed by atoms with van der Waals surface area (Å²) >= 11 is 0. The SMILES string of the molecule is Cl.Cl.O=C(c1ccc(C(F)(F)F)nc1)N1C2CCNCC1CC2. The summed E-state index contributed by atoms with van der Waals surface area (Å²) < 4.78 is 37.5. The molecule has 1 N–H and O–H groups in total. The van der Waals surface area contributed by atoms with Crippen LogP contribution in [0.1, 0.15) is 35.3 Å². The maximum Gasteiger partial charge on any atom is 0.433 e. The highest BCUT2D eigenvalue weighted by Crippen LogP contribution is 2.30. The molecule has 1 aromatic rings. The Morgan fingerprint density at radius 3 is 2.48 bits per heavy atom. The van der Waals surface area contributed by atoms with Crippen LogP contribution in [0, 0.1) is 0 Å². The molecule has 1 aromatic heterocycles. The molecule has 2 aliphatic heterocycles. The third-order valence-corrected chi connectivity index (χ3v) is 4.19. The Morgan fingerprint density at radius 1 is 1.17 bits per heavy atom. The molecule has 23 heavy (non-hydrogen) atoms. The molecule has 4 nitrogen and oxygen atoms in total. The van der Waals surface area contributed by atoms with E-state index in [9.17, 15) is 18.0 Å². The minimum Gasteiger partial charge on any atom is -0.331 e. The van der Waals surface area contributed by atoms with E-state index in [4.69, 9.17) is 0 Å². The Kier molecular flexibility index (Phi) is 6.68. The number of carbonyl (C=O) groups is 1. The van der Waals surface area contributed by atoms with Crippen LogP contribution in [0.15, 0.2) is 18.3 Å². The predicted octanol–water partition coefficient (Wildman–Crippen LogP) is 2.91. The second-order valence-electron chi connectivity index (χ2n) is 5.52. The van der Waals surface area contributed by atoms with Crippen molar-refractivity contribution >= 4 is 30.7 Å². The molecule has 0 radical (unpaired) electrons. The monoisotopic (exact) mass is 371 g/mol. The Morgan fingerprint density at radius 2 is 1.87 bits per heavy atom. The van der Waals surface area contributed by atoms with Crippen LogP contribution in [0.3, 0.4) is 0 Å². The van der Waals surface area contributed by atoms with Gasteiger partial charge in [0.25, 0.3) is 5.91 Å². The van der Waals surface area contributed by atoms with E-state index in [2.05, 4.69) is 10.3 Å². The average Bonchev–Trinajstić information content (AvgIpc) is 2.70. The number of nitrogens with zero attached hydrogens (tertiary/aromatic N) is 2. The van der Waals surface area contributed by atoms with E-state index < -0.39 is 11.9 Å². The van der Waals surface area contributed by atoms with E-state index in [1.165, 1.54) is 6.07 Å². The average molecular weight is 372 g/mol. The Bertz CT molecular complexity index is 525. The first-order valence-corrected chi connectivity index (χ1v) is 7.03. The first kappa shape index (κ1) is 20.0. The number of hydrogen-bond donors (Lipinski definition) is 1. The summed E-state index contributed by atoms with van der Waals surface area (Å²) in [5, 5.41) is 3.29. The smallest absolute Gasteiger partial charge is 0.331 e. The Labute approximate surface area is 144 Å². The molecule has 0 aromatic carbocycles. The van der Waals surface area contributed by atoms with Gasteiger partial charge in [-0.3, -0.25) is 9.78 Å². The van der Waals surface area contributed by atoms with Crippen molar-refractivity contribution in [1.82, 2.24) is 15.2 Å². The lowest BCUT2D eigenvalue weighted by Gasteiger charge is -2.27. The fourth-order valence-corrected chi connectivity index (χ4v) is 3.15. The maximum absolute atomic E-state index is 12.6. The van der Waals surface area contributed by atoms with Gasteiger partial charge in [0.2, 0.25) is 0 Å². The van der Waals surface area contributed by atoms with E-state index in [1.807, 2.05) is 4.90 Å². The minimum absolute atomic E-state index is 0. The molecular formula is C14H18Cl2F3N3O. The second kappa shape index (κ2) is 7.68. The quantitative estimate of drug-likeness (QED) is 0.825. The first-order valence-electron chi connectivity index (χ1n) is 7.03. The first-order chi connectivity index (χ1) is 9.97. The van der Waals surface area contributed by atoms with Crippen LogP contribution in [-0.4, -0.2) is 41.0 Å². The van der Waals surface area contributed by atoms with Crippen molar-refractivity contribution in [2.45, 2.75) is 37.5 Å². The van der Waals surface area contributed by atoms with Gasteiger partial charge in [-0.25, -0.2) is 0 Å². The zero-order valence-corrected chi connectivity index (χ0v) is 13.8. The highest BCUT2D eigenvalue weighted by Gasteiger charge is 2.39. The Balaban J connectivity index is 0.00000132. The molecule has 2 aliphatic rings. The zero-order valence-electron chi connectivity index (χ0n) is 12.2. The molecule has 9 heteroatoms. The third-order valence-electron chi connectivity index (χ3n) is 4.19. The van der Waals surface area contributed by atoms with Crippen LogP contribution < -0.4 is 5.32 Å². The van der Waals surface area contributed by atoms with E-state index in [1.54, 1.807) is 0 Å². The number of pyridine rings is 1. The molecule has 2 atom stereocenters. The summed E-state index contributed by atoms with van der Waals surface area (Å²) in [5.41, 5.74) is -0.749. The summed E-state index contributed by atoms with van der Waals surface area (Å²) in [7, 11) is 0. The number of rotatable bonds is 1. The number of nitrogens with one attached hydrogen (secondary N) is 1. The van der Waals surface area contributed by atoms with E-state index in [0.717, 1.165) is 44.6 Å². The van der Waals surface area contributed by atoms with Gasteiger partial charge in [-0.15, -0.1) is 24.8 Å². The molecule has 2 fully saturated rings. The van der Waals surface area contributed by atoms with Crippen molar-refractivity contribution < 1.29 is 18.0 Å². The molecule has 130 valence electrons. The van der Waals surface area contributed by atoms with E-state index in [0.29, 0.717) is 0 Å². The lowest BCUT2D eigenvalue weighted by Crippen LogP contribution is -2.42. The van der Waals surface area contributed by atoms with Gasteiger partial charge in [-0.1, -0.05) is 0 Å². The number of amides is 1. The lowest BCUT2D eigenvalue weighted by atomic mass is 10.1. The summed E-state index contributed by atoms with van der Waals surface area (Å²) in [5.74, 6) is -0.215. The second-order valence-corrected chi connectivity index (χ2v) is 5.52. The number of aromatic nitrogens is 1. The topological polar surface area (TPSA) is 45.2 Å². The van der Waals surface area contributed by atoms with Gasteiger partial charge < -0.3 is 10.2 Å². The Hall–Kier alpha value is -1.05. The van der Waals surface area contributed by atoms with Crippen molar-refractivity contribution in [3.63, 3.8) is 0 Å². The summed E-state index contributed by atoms with van der Waals surface area (Å²) in [6.45, 7) is 1.62. The molecule has 2 unspecified atom stereocenters. The van der Waals surface area contributed by atoms with Crippen LogP contribution in [0.5, 0.6) is 0 Å². The fraction of sp³-hybridized carbons (Fsp3) is 0.571. The highest BCUT2D eigenvalue weighted by atomic mass is 35.5. The van der Waals surface area contributed by atoms with Gasteiger partial charge in [-0.05, 0) is 37.9 Å². The minimum atomic E-state index is -4.48. The van der Waals surface area contributed by atoms with Crippen LogP contribution in [-0.2, 0) is 6.18 Å². The summed E-state index contributed by atoms with van der Waals surface area (Å²) in [4.78, 5) is 17.7. The van der Waals surface area contributed by atoms with E-state index in [-0.39, 0.29) is 48.4 Å². The van der Waals surface area contributed by atoms with Crippen LogP contribution >= 0.6 is 24.8 Å². The molecule has 3 rings (SSSR count). The van der Waals surface area contributed by atoms with Crippen LogP contribution in [0.4, 0.5) is 13.2 Å². The van der Waals surface area contributed by atoms with Crippen molar-refractivity contribution in [2.75, 3.05) is 13.1 Å². The number of hydrogen-bond acceptors (Lipinski definition) is 3. The maximum atomic E-state index is 12.6. The molecule has 3 heterocycles. The molecule has 0 spiro atoms. The molecule has 0 aliphatic carbocycles. The van der Waals surface area contributed by atoms with Crippen molar-refractivity contribution in [1.29, 1.82) is 0 Å². The molecule has 1 amide bonds. The lowest BCUT2D eigenvalue weighted by molar-refractivity contribution is -0.141. The van der Waals surface area contributed by atoms with Gasteiger partial charge >= 0.3 is 6.18 Å². The van der Waals surface area contributed by atoms with Crippen molar-refractivity contribution in [2.24, 2.45) is 0 Å². The van der Waals surface area contributed by atoms with Gasteiger partial charge in [0.1, 0.15) is 5.69 Å². The number of carbonyl (C=O) groups excluding carboxylic acids is 1. The number of alkyl halides is 3. The van der Waals surface area contributed by atoms with Crippen LogP contribution in [0.2, 0.25) is 0 Å². The predicted molar refractivity (Wildman–Crippen MR) is 84.2 cm³/mol. The molecule has 2 saturated heterocycles. The van der Waals surface area contributed by atoms with Crippen molar-refractivity contribution in [3.8, 4) is 0 Å². The normalized spacial score (nSPS) is 23.5. The van der Waals surface area contributed by atoms with Gasteiger partial charge in [0.05, 0.1) is 5.56 Å². The van der Waals surface area contributed by atoms with Gasteiger partial charge in [-0.2, -0.15) is 13.2 Å². The van der Waals surface area contributed by atoms with Gasteiger partial charge in [0.15, 0.2) is 0 Å². The highest BCUT2D eigenvalue weighted by molar-refractivity contribution is 5.94. The fourth-order valence-electron chi connectivity index (χ4n) is 3.15. The molecule has 2 bridgehead atoms. The number of fused-ring (bicyclic) bond motifs is 2. The molecular weight excluding hydrogens is 354 g/mol. The summed E-state index contributed by atoms with van der Waals surface area (Å²) in [6, 6.07) is 2.40. The van der Waals surface area contributed by atoms with Gasteiger partial charge in [0, 0.05) is 24.8 Å². The third kappa shape index (κ3) is 4.08. The largest absolute Gasteiger partial charge is 0.433 e. The zero-order chi connectivity index (χ0) is 15.0. The number of halogens is 5. The van der Waals surface area contributed by atoms with E-state index >= 15 is 0 Å². The van der Waals surface area contributed by atoms with Crippen molar-refractivity contribution in [3.05, 3.63) is 29.6 Å². The standard InChI is InChI=1S/C14H16F3N3O.2ClH/c15-14(16,17)12-4-1-9(7-19-12)13(21)20-10-2-3-11(20)8-18-6-5-10;;/h1,4,7,10-11,18H,2-3,5-6,8H2;2*1H. The summed E-state index contributed by atoms with van der Waals surface area (Å²) in [6.07, 6.45) is -0.657. The molecule has 0 saturated carbocycles.